The first-order valence-electron chi connectivity index (χ1n) is 7.08. The van der Waals surface area contributed by atoms with Crippen LogP contribution in [0.3, 0.4) is 0 Å². The number of piperazine rings is 1. The zero-order valence-electron chi connectivity index (χ0n) is 13.0. The van der Waals surface area contributed by atoms with Crippen molar-refractivity contribution in [2.75, 3.05) is 39.8 Å². The second-order valence-corrected chi connectivity index (χ2v) is 5.21. The number of nitrogens with one attached hydrogen (secondary N) is 1. The van der Waals surface area contributed by atoms with Gasteiger partial charge in [0.25, 0.3) is 11.6 Å². The molecule has 1 heterocycles. The first-order valence-corrected chi connectivity index (χ1v) is 7.08. The highest BCUT2D eigenvalue weighted by atomic mass is 35.5. The maximum atomic E-state index is 13.9. The molecule has 1 N–H and O–H groups in total. The number of hydrogen-bond donors (Lipinski definition) is 1. The van der Waals surface area contributed by atoms with E-state index in [4.69, 9.17) is 0 Å². The van der Waals surface area contributed by atoms with Gasteiger partial charge in [0.1, 0.15) is 5.82 Å². The largest absolute Gasteiger partial charge is 0.339 e. The lowest BCUT2D eigenvalue weighted by atomic mass is 10.1. The molecule has 1 aliphatic rings. The van der Waals surface area contributed by atoms with Crippen LogP contribution in [-0.4, -0.2) is 66.3 Å². The molecular weight excluding hydrogens is 343 g/mol. The van der Waals surface area contributed by atoms with Crippen molar-refractivity contribution in [3.63, 3.8) is 0 Å². The number of nitro groups is 1. The van der Waals surface area contributed by atoms with Gasteiger partial charge in [0, 0.05) is 39.3 Å². The van der Waals surface area contributed by atoms with Gasteiger partial charge in [-0.15, -0.1) is 12.4 Å². The SMILES string of the molecule is CN(CC(=O)N1CCNCC1)C(=O)c1ccc([N+](=O)[O-])cc1F.Cl. The van der Waals surface area contributed by atoms with E-state index in [0.29, 0.717) is 32.2 Å². The third kappa shape index (κ3) is 4.62. The molecule has 2 amide bonds. The summed E-state index contributed by atoms with van der Waals surface area (Å²) in [4.78, 5) is 36.9. The minimum atomic E-state index is -0.981. The van der Waals surface area contributed by atoms with Crippen molar-refractivity contribution >= 4 is 29.9 Å². The summed E-state index contributed by atoms with van der Waals surface area (Å²) in [6.07, 6.45) is 0. The number of benzene rings is 1. The fraction of sp³-hybridized carbons (Fsp3) is 0.429. The lowest BCUT2D eigenvalue weighted by Crippen LogP contribution is -2.49. The molecule has 0 unspecified atom stereocenters. The fourth-order valence-corrected chi connectivity index (χ4v) is 2.29. The summed E-state index contributed by atoms with van der Waals surface area (Å²) < 4.78 is 13.9. The van der Waals surface area contributed by atoms with Crippen LogP contribution in [0.15, 0.2) is 18.2 Å². The number of carbonyl (C=O) groups excluding carboxylic acids is 2. The molecule has 0 aliphatic carbocycles. The molecule has 8 nitrogen and oxygen atoms in total. The number of hydrogen-bond acceptors (Lipinski definition) is 5. The van der Waals surface area contributed by atoms with E-state index in [1.165, 1.54) is 7.05 Å². The number of non-ortho nitro benzene ring substituents is 1. The highest BCUT2D eigenvalue weighted by Crippen LogP contribution is 2.17. The van der Waals surface area contributed by atoms with E-state index >= 15 is 0 Å². The van der Waals surface area contributed by atoms with Crippen LogP contribution in [-0.2, 0) is 4.79 Å². The minimum absolute atomic E-state index is 0. The van der Waals surface area contributed by atoms with Crippen LogP contribution in [0.2, 0.25) is 0 Å². The number of likely N-dealkylation sites (N-methyl/N-ethyl adjacent to an activating group) is 1. The quantitative estimate of drug-likeness (QED) is 0.628. The molecule has 0 spiro atoms. The normalized spacial score (nSPS) is 13.8. The van der Waals surface area contributed by atoms with E-state index in [1.54, 1.807) is 4.90 Å². The Labute approximate surface area is 144 Å². The maximum Gasteiger partial charge on any atom is 0.272 e. The van der Waals surface area contributed by atoms with Crippen molar-refractivity contribution in [2.24, 2.45) is 0 Å². The van der Waals surface area contributed by atoms with Gasteiger partial charge < -0.3 is 15.1 Å². The Kier molecular flexibility index (Phi) is 7.05. The van der Waals surface area contributed by atoms with Crippen LogP contribution >= 0.6 is 12.4 Å². The molecule has 0 bridgehead atoms. The monoisotopic (exact) mass is 360 g/mol. The number of nitrogens with zero attached hydrogens (tertiary/aromatic N) is 3. The minimum Gasteiger partial charge on any atom is -0.339 e. The Hall–Kier alpha value is -2.26. The predicted molar refractivity (Wildman–Crippen MR) is 86.7 cm³/mol. The number of rotatable bonds is 4. The molecule has 0 radical (unpaired) electrons. The molecule has 1 fully saturated rings. The number of nitro benzene ring substituents is 1. The molecule has 0 saturated carbocycles. The molecule has 1 aromatic carbocycles. The van der Waals surface area contributed by atoms with Crippen LogP contribution in [0.5, 0.6) is 0 Å². The molecule has 1 aromatic rings. The topological polar surface area (TPSA) is 95.8 Å². The van der Waals surface area contributed by atoms with Crippen LogP contribution in [0.1, 0.15) is 10.4 Å². The lowest BCUT2D eigenvalue weighted by Gasteiger charge is -2.29. The zero-order valence-corrected chi connectivity index (χ0v) is 13.8. The van der Waals surface area contributed by atoms with Crippen molar-refractivity contribution in [1.29, 1.82) is 0 Å². The molecule has 0 atom stereocenters. The third-order valence-corrected chi connectivity index (χ3v) is 3.58. The summed E-state index contributed by atoms with van der Waals surface area (Å²) in [6.45, 7) is 2.34. The average Bonchev–Trinajstić information content (AvgIpc) is 2.54. The molecule has 1 aliphatic heterocycles. The number of halogens is 2. The molecule has 1 saturated heterocycles. The standard InChI is InChI=1S/C14H17FN4O4.ClH/c1-17(9-13(20)18-6-4-16-5-7-18)14(21)11-3-2-10(19(22)23)8-12(11)15;/h2-3,8,16H,4-7,9H2,1H3;1H. The number of carbonyl (C=O) groups is 2. The molecule has 132 valence electrons. The summed E-state index contributed by atoms with van der Waals surface area (Å²) in [6, 6.07) is 2.81. The Morgan fingerprint density at radius 1 is 1.38 bits per heavy atom. The van der Waals surface area contributed by atoms with E-state index in [2.05, 4.69) is 5.32 Å². The number of amides is 2. The summed E-state index contributed by atoms with van der Waals surface area (Å²) in [5, 5.41) is 13.7. The highest BCUT2D eigenvalue weighted by molar-refractivity contribution is 5.96. The Balaban J connectivity index is 0.00000288. The van der Waals surface area contributed by atoms with Crippen LogP contribution in [0.4, 0.5) is 10.1 Å². The second kappa shape index (κ2) is 8.55. The summed E-state index contributed by atoms with van der Waals surface area (Å²) in [5.74, 6) is -1.89. The van der Waals surface area contributed by atoms with Gasteiger partial charge in [-0.2, -0.15) is 0 Å². The summed E-state index contributed by atoms with van der Waals surface area (Å²) >= 11 is 0. The van der Waals surface area contributed by atoms with Crippen molar-refractivity contribution < 1.29 is 18.9 Å². The van der Waals surface area contributed by atoms with E-state index in [0.717, 1.165) is 17.0 Å². The predicted octanol–water partition coefficient (Wildman–Crippen LogP) is 0.660. The van der Waals surface area contributed by atoms with E-state index < -0.39 is 22.3 Å². The molecule has 10 heteroatoms. The zero-order chi connectivity index (χ0) is 17.0. The summed E-state index contributed by atoms with van der Waals surface area (Å²) in [7, 11) is 1.39. The van der Waals surface area contributed by atoms with Crippen molar-refractivity contribution in [3.05, 3.63) is 39.7 Å². The second-order valence-electron chi connectivity index (χ2n) is 5.21. The Morgan fingerprint density at radius 2 is 2.00 bits per heavy atom. The summed E-state index contributed by atoms with van der Waals surface area (Å²) in [5.41, 5.74) is -0.732. The van der Waals surface area contributed by atoms with Gasteiger partial charge in [0.2, 0.25) is 5.91 Å². The van der Waals surface area contributed by atoms with Crippen LogP contribution < -0.4 is 5.32 Å². The van der Waals surface area contributed by atoms with Gasteiger partial charge in [0.05, 0.1) is 23.1 Å². The third-order valence-electron chi connectivity index (χ3n) is 3.58. The average molecular weight is 361 g/mol. The van der Waals surface area contributed by atoms with Gasteiger partial charge in [-0.1, -0.05) is 0 Å². The van der Waals surface area contributed by atoms with Gasteiger partial charge in [-0.3, -0.25) is 19.7 Å². The molecule has 24 heavy (non-hydrogen) atoms. The van der Waals surface area contributed by atoms with E-state index in [1.807, 2.05) is 0 Å². The van der Waals surface area contributed by atoms with Crippen molar-refractivity contribution in [2.45, 2.75) is 0 Å². The van der Waals surface area contributed by atoms with Gasteiger partial charge in [-0.05, 0) is 6.07 Å². The highest BCUT2D eigenvalue weighted by Gasteiger charge is 2.23. The van der Waals surface area contributed by atoms with E-state index in [-0.39, 0.29) is 30.4 Å². The Morgan fingerprint density at radius 3 is 2.54 bits per heavy atom. The molecule has 0 aromatic heterocycles. The lowest BCUT2D eigenvalue weighted by molar-refractivity contribution is -0.385. The van der Waals surface area contributed by atoms with Crippen LogP contribution in [0.25, 0.3) is 0 Å². The molecule has 2 rings (SSSR count). The fourth-order valence-electron chi connectivity index (χ4n) is 2.29. The maximum absolute atomic E-state index is 13.9. The first-order chi connectivity index (χ1) is 10.9. The van der Waals surface area contributed by atoms with Gasteiger partial charge in [-0.25, -0.2) is 4.39 Å². The first kappa shape index (κ1) is 19.8. The van der Waals surface area contributed by atoms with E-state index in [9.17, 15) is 24.1 Å². The van der Waals surface area contributed by atoms with Gasteiger partial charge >= 0.3 is 0 Å². The van der Waals surface area contributed by atoms with Crippen molar-refractivity contribution in [1.82, 2.24) is 15.1 Å². The van der Waals surface area contributed by atoms with Crippen molar-refractivity contribution in [3.8, 4) is 0 Å². The van der Waals surface area contributed by atoms with Crippen LogP contribution in [0, 0.1) is 15.9 Å². The smallest absolute Gasteiger partial charge is 0.272 e. The van der Waals surface area contributed by atoms with Gasteiger partial charge in [0.15, 0.2) is 0 Å². The Bertz CT molecular complexity index is 637. The molecular formula is C14H18ClFN4O4.